The quantitative estimate of drug-likeness (QED) is 0.453. The third-order valence-electron chi connectivity index (χ3n) is 8.94. The standard InChI is InChI=1S/C22H36S.C2H6/c1-5-23-17-10-12-22(4)16(14-17)7-8-18-19-9-6-15(2)21(19,3)13-11-20(18)22;1-2/h7,15,17-20H,5-6,8-14H2,1-4H3;1-2H3. The van der Waals surface area contributed by atoms with Crippen LogP contribution in [-0.4, -0.2) is 11.0 Å². The summed E-state index contributed by atoms with van der Waals surface area (Å²) < 4.78 is 0. The fourth-order valence-corrected chi connectivity index (χ4v) is 8.32. The molecule has 4 aliphatic rings. The first kappa shape index (κ1) is 19.8. The van der Waals surface area contributed by atoms with E-state index >= 15 is 0 Å². The van der Waals surface area contributed by atoms with Gasteiger partial charge in [0.1, 0.15) is 0 Å². The second kappa shape index (κ2) is 7.61. The van der Waals surface area contributed by atoms with Gasteiger partial charge in [0, 0.05) is 5.25 Å². The predicted octanol–water partition coefficient (Wildman–Crippen LogP) is 7.73. The fourth-order valence-electron chi connectivity index (χ4n) is 7.27. The Hall–Kier alpha value is 0.0900. The van der Waals surface area contributed by atoms with Gasteiger partial charge in [-0.05, 0) is 91.6 Å². The number of fused-ring (bicyclic) bond motifs is 5. The van der Waals surface area contributed by atoms with Crippen LogP contribution in [0.4, 0.5) is 0 Å². The molecule has 0 aromatic rings. The average molecular weight is 363 g/mol. The van der Waals surface area contributed by atoms with E-state index in [-0.39, 0.29) is 0 Å². The number of allylic oxidation sites excluding steroid dienone is 2. The Bertz CT molecular complexity index is 494. The van der Waals surface area contributed by atoms with Crippen LogP contribution in [0.3, 0.4) is 0 Å². The monoisotopic (exact) mass is 362 g/mol. The zero-order valence-corrected chi connectivity index (χ0v) is 18.6. The van der Waals surface area contributed by atoms with Gasteiger partial charge in [-0.15, -0.1) is 0 Å². The second-order valence-corrected chi connectivity index (χ2v) is 11.2. The van der Waals surface area contributed by atoms with E-state index in [0.29, 0.717) is 10.8 Å². The highest BCUT2D eigenvalue weighted by Crippen LogP contribution is 2.66. The van der Waals surface area contributed by atoms with E-state index in [1.165, 1.54) is 57.1 Å². The summed E-state index contributed by atoms with van der Waals surface area (Å²) in [5.41, 5.74) is 3.09. The Morgan fingerprint density at radius 1 is 1.04 bits per heavy atom. The van der Waals surface area contributed by atoms with Gasteiger partial charge >= 0.3 is 0 Å². The van der Waals surface area contributed by atoms with Crippen molar-refractivity contribution < 1.29 is 0 Å². The van der Waals surface area contributed by atoms with Crippen LogP contribution in [0.15, 0.2) is 11.6 Å². The maximum Gasteiger partial charge on any atom is 0.00846 e. The number of hydrogen-bond donors (Lipinski definition) is 0. The lowest BCUT2D eigenvalue weighted by molar-refractivity contribution is -0.0380. The minimum Gasteiger partial charge on any atom is -0.159 e. The van der Waals surface area contributed by atoms with Crippen molar-refractivity contribution in [1.29, 1.82) is 0 Å². The van der Waals surface area contributed by atoms with Gasteiger partial charge in [-0.3, -0.25) is 0 Å². The van der Waals surface area contributed by atoms with E-state index in [0.717, 1.165) is 28.9 Å². The summed E-state index contributed by atoms with van der Waals surface area (Å²) in [6.07, 6.45) is 14.5. The first-order chi connectivity index (χ1) is 12.0. The summed E-state index contributed by atoms with van der Waals surface area (Å²) in [6, 6.07) is 0. The Morgan fingerprint density at radius 3 is 2.52 bits per heavy atom. The number of rotatable bonds is 2. The Morgan fingerprint density at radius 2 is 1.80 bits per heavy atom. The summed E-state index contributed by atoms with van der Waals surface area (Å²) in [7, 11) is 0. The van der Waals surface area contributed by atoms with Gasteiger partial charge in [-0.25, -0.2) is 0 Å². The van der Waals surface area contributed by atoms with Crippen LogP contribution in [0.2, 0.25) is 0 Å². The summed E-state index contributed by atoms with van der Waals surface area (Å²) >= 11 is 2.21. The molecule has 0 N–H and O–H groups in total. The van der Waals surface area contributed by atoms with Crippen molar-refractivity contribution in [2.24, 2.45) is 34.5 Å². The molecule has 3 saturated carbocycles. The van der Waals surface area contributed by atoms with Crippen LogP contribution >= 0.6 is 11.8 Å². The largest absolute Gasteiger partial charge is 0.159 e. The van der Waals surface area contributed by atoms with E-state index in [4.69, 9.17) is 0 Å². The molecule has 0 spiro atoms. The van der Waals surface area contributed by atoms with Crippen LogP contribution in [0.25, 0.3) is 0 Å². The van der Waals surface area contributed by atoms with Crippen LogP contribution in [0, 0.1) is 34.5 Å². The fraction of sp³-hybridized carbons (Fsp3) is 0.917. The van der Waals surface area contributed by atoms with Gasteiger partial charge in [-0.2, -0.15) is 11.8 Å². The number of thioether (sulfide) groups is 1. The third-order valence-corrected chi connectivity index (χ3v) is 10.1. The maximum absolute atomic E-state index is 2.73. The lowest BCUT2D eigenvalue weighted by atomic mass is 9.47. The Labute approximate surface area is 162 Å². The van der Waals surface area contributed by atoms with Gasteiger partial charge < -0.3 is 0 Å². The predicted molar refractivity (Wildman–Crippen MR) is 114 cm³/mol. The SMILES string of the molecule is CC.CCSC1CCC2(C)C(=CCC3C2CCC2(C)C(C)CCC32)C1. The van der Waals surface area contributed by atoms with Crippen molar-refractivity contribution in [3.8, 4) is 0 Å². The minimum atomic E-state index is 0.556. The Balaban J connectivity index is 0.000000880. The summed E-state index contributed by atoms with van der Waals surface area (Å²) in [5, 5.41) is 0.913. The van der Waals surface area contributed by atoms with E-state index in [1.807, 2.05) is 19.4 Å². The lowest BCUT2D eigenvalue weighted by Gasteiger charge is -2.58. The van der Waals surface area contributed by atoms with Crippen LogP contribution in [0.1, 0.15) is 92.9 Å². The van der Waals surface area contributed by atoms with Crippen molar-refractivity contribution in [3.05, 3.63) is 11.6 Å². The molecule has 0 bridgehead atoms. The molecular weight excluding hydrogens is 320 g/mol. The molecule has 0 saturated heterocycles. The highest BCUT2D eigenvalue weighted by atomic mass is 32.2. The van der Waals surface area contributed by atoms with Crippen molar-refractivity contribution >= 4 is 11.8 Å². The molecule has 1 heteroatoms. The normalized spacial score (nSPS) is 48.4. The van der Waals surface area contributed by atoms with E-state index < -0.39 is 0 Å². The first-order valence-corrected chi connectivity index (χ1v) is 12.3. The zero-order valence-electron chi connectivity index (χ0n) is 17.7. The highest BCUT2D eigenvalue weighted by molar-refractivity contribution is 7.99. The molecule has 0 amide bonds. The molecule has 0 aromatic carbocycles. The van der Waals surface area contributed by atoms with Gasteiger partial charge in [0.15, 0.2) is 0 Å². The summed E-state index contributed by atoms with van der Waals surface area (Å²) in [4.78, 5) is 0. The Kier molecular flexibility index (Phi) is 6.04. The molecule has 4 aliphatic carbocycles. The molecule has 0 aliphatic heterocycles. The average Bonchev–Trinajstić information content (AvgIpc) is 2.92. The van der Waals surface area contributed by atoms with E-state index in [2.05, 4.69) is 45.5 Å². The van der Waals surface area contributed by atoms with E-state index in [1.54, 1.807) is 0 Å². The summed E-state index contributed by atoms with van der Waals surface area (Å²) in [6.45, 7) is 14.2. The van der Waals surface area contributed by atoms with Crippen LogP contribution < -0.4 is 0 Å². The molecule has 0 nitrogen and oxygen atoms in total. The number of hydrogen-bond acceptors (Lipinski definition) is 1. The third kappa shape index (κ3) is 3.15. The molecule has 25 heavy (non-hydrogen) atoms. The topological polar surface area (TPSA) is 0 Å². The molecule has 4 rings (SSSR count). The van der Waals surface area contributed by atoms with Gasteiger partial charge in [0.25, 0.3) is 0 Å². The molecular formula is C24H42S. The molecule has 7 atom stereocenters. The van der Waals surface area contributed by atoms with Crippen LogP contribution in [-0.2, 0) is 0 Å². The molecule has 0 aromatic heterocycles. The van der Waals surface area contributed by atoms with Crippen LogP contribution in [0.5, 0.6) is 0 Å². The van der Waals surface area contributed by atoms with Gasteiger partial charge in [0.2, 0.25) is 0 Å². The minimum absolute atomic E-state index is 0.556. The van der Waals surface area contributed by atoms with Crippen molar-refractivity contribution in [2.45, 2.75) is 98.2 Å². The van der Waals surface area contributed by atoms with Crippen molar-refractivity contribution in [2.75, 3.05) is 5.75 Å². The molecule has 144 valence electrons. The maximum atomic E-state index is 2.73. The first-order valence-electron chi connectivity index (χ1n) is 11.3. The molecule has 0 radical (unpaired) electrons. The molecule has 3 fully saturated rings. The zero-order chi connectivity index (χ0) is 18.2. The molecule has 7 unspecified atom stereocenters. The van der Waals surface area contributed by atoms with E-state index in [9.17, 15) is 0 Å². The molecule has 0 heterocycles. The van der Waals surface area contributed by atoms with Crippen molar-refractivity contribution in [1.82, 2.24) is 0 Å². The second-order valence-electron chi connectivity index (χ2n) is 9.60. The van der Waals surface area contributed by atoms with Gasteiger partial charge in [0.05, 0.1) is 0 Å². The van der Waals surface area contributed by atoms with Crippen molar-refractivity contribution in [3.63, 3.8) is 0 Å². The smallest absolute Gasteiger partial charge is 0.00846 e. The summed E-state index contributed by atoms with van der Waals surface area (Å²) in [5.74, 6) is 5.28. The highest BCUT2D eigenvalue weighted by Gasteiger charge is 2.57. The van der Waals surface area contributed by atoms with Gasteiger partial charge in [-0.1, -0.05) is 53.2 Å². The lowest BCUT2D eigenvalue weighted by Crippen LogP contribution is -2.50.